The molecule has 4 rings (SSSR count). The fourth-order valence-electron chi connectivity index (χ4n) is 11.8. The topological polar surface area (TPSA) is 26.3 Å². The van der Waals surface area contributed by atoms with E-state index in [4.69, 9.17) is 4.74 Å². The maximum Gasteiger partial charge on any atom is 0.306 e. The van der Waals surface area contributed by atoms with Gasteiger partial charge in [0.15, 0.2) is 0 Å². The highest BCUT2D eigenvalue weighted by Crippen LogP contribution is 2.67. The average molecular weight is 653 g/mol. The van der Waals surface area contributed by atoms with Crippen molar-refractivity contribution in [3.63, 3.8) is 0 Å². The zero-order valence-electron chi connectivity index (χ0n) is 32.7. The number of ether oxygens (including phenoxy) is 1. The first kappa shape index (κ1) is 39.0. The Morgan fingerprint density at radius 1 is 0.766 bits per heavy atom. The van der Waals surface area contributed by atoms with Gasteiger partial charge in [0.2, 0.25) is 0 Å². The number of fused-ring (bicyclic) bond motifs is 5. The van der Waals surface area contributed by atoms with Gasteiger partial charge in [0.1, 0.15) is 6.10 Å². The maximum absolute atomic E-state index is 12.8. The molecule has 0 N–H and O–H groups in total. The van der Waals surface area contributed by atoms with Crippen molar-refractivity contribution >= 4 is 5.97 Å². The van der Waals surface area contributed by atoms with E-state index in [1.54, 1.807) is 0 Å². The number of unbranched alkanes of at least 4 members (excludes halogenated alkanes) is 12. The van der Waals surface area contributed by atoms with Crippen LogP contribution in [-0.4, -0.2) is 12.1 Å². The van der Waals surface area contributed by atoms with Crippen molar-refractivity contribution < 1.29 is 9.53 Å². The Morgan fingerprint density at radius 2 is 1.36 bits per heavy atom. The van der Waals surface area contributed by atoms with E-state index in [-0.39, 0.29) is 12.1 Å². The molecule has 0 heterocycles. The summed E-state index contributed by atoms with van der Waals surface area (Å²) in [6.07, 6.45) is 35.5. The highest BCUT2D eigenvalue weighted by Gasteiger charge is 2.58. The van der Waals surface area contributed by atoms with E-state index in [9.17, 15) is 4.79 Å². The Bertz CT molecular complexity index is 950. The van der Waals surface area contributed by atoms with Crippen LogP contribution >= 0.6 is 0 Å². The highest BCUT2D eigenvalue weighted by molar-refractivity contribution is 5.69. The molecule has 4 aliphatic rings. The van der Waals surface area contributed by atoms with Crippen LogP contribution in [0.25, 0.3) is 0 Å². The Morgan fingerprint density at radius 3 is 1.98 bits per heavy atom. The molecule has 3 saturated carbocycles. The van der Waals surface area contributed by atoms with Crippen molar-refractivity contribution in [2.45, 2.75) is 215 Å². The van der Waals surface area contributed by atoms with Gasteiger partial charge in [0.05, 0.1) is 0 Å². The molecule has 0 saturated heterocycles. The summed E-state index contributed by atoms with van der Waals surface area (Å²) in [5, 5.41) is 0. The minimum absolute atomic E-state index is 0.0759. The minimum atomic E-state index is 0.0759. The summed E-state index contributed by atoms with van der Waals surface area (Å²) in [5.74, 6) is 5.80. The van der Waals surface area contributed by atoms with Gasteiger partial charge < -0.3 is 4.74 Å². The summed E-state index contributed by atoms with van der Waals surface area (Å²) in [4.78, 5) is 12.8. The van der Waals surface area contributed by atoms with Crippen molar-refractivity contribution in [1.29, 1.82) is 0 Å². The molecule has 272 valence electrons. The zero-order valence-corrected chi connectivity index (χ0v) is 32.7. The Hall–Kier alpha value is -0.790. The lowest BCUT2D eigenvalue weighted by Crippen LogP contribution is -2.50. The van der Waals surface area contributed by atoms with Crippen LogP contribution in [0.2, 0.25) is 0 Å². The summed E-state index contributed by atoms with van der Waals surface area (Å²) < 4.78 is 6.16. The fraction of sp³-hybridized carbons (Fsp3) is 0.933. The maximum atomic E-state index is 12.8. The average Bonchev–Trinajstić information content (AvgIpc) is 3.41. The van der Waals surface area contributed by atoms with Gasteiger partial charge in [0.25, 0.3) is 0 Å². The Labute approximate surface area is 293 Å². The molecule has 47 heavy (non-hydrogen) atoms. The lowest BCUT2D eigenvalue weighted by atomic mass is 9.47. The molecule has 0 unspecified atom stereocenters. The third kappa shape index (κ3) is 10.1. The Balaban J connectivity index is 1.16. The van der Waals surface area contributed by atoms with Crippen LogP contribution in [0.4, 0.5) is 0 Å². The number of allylic oxidation sites excluding steroid dienone is 2. The first-order chi connectivity index (χ1) is 22.6. The van der Waals surface area contributed by atoms with Gasteiger partial charge in [-0.25, -0.2) is 0 Å². The molecule has 0 radical (unpaired) electrons. The summed E-state index contributed by atoms with van der Waals surface area (Å²) in [7, 11) is 0. The lowest BCUT2D eigenvalue weighted by Gasteiger charge is -2.58. The van der Waals surface area contributed by atoms with E-state index in [0.717, 1.165) is 54.8 Å². The summed E-state index contributed by atoms with van der Waals surface area (Å²) in [5.41, 5.74) is 2.78. The third-order valence-corrected chi connectivity index (χ3v) is 15.0. The van der Waals surface area contributed by atoms with Gasteiger partial charge in [-0.3, -0.25) is 4.79 Å². The zero-order chi connectivity index (χ0) is 33.9. The van der Waals surface area contributed by atoms with E-state index in [2.05, 4.69) is 54.5 Å². The third-order valence-electron chi connectivity index (χ3n) is 15.0. The molecule has 0 aromatic carbocycles. The van der Waals surface area contributed by atoms with Crippen LogP contribution in [0.3, 0.4) is 0 Å². The summed E-state index contributed by atoms with van der Waals surface area (Å²) in [6, 6.07) is 0. The van der Waals surface area contributed by atoms with Gasteiger partial charge in [-0.1, -0.05) is 150 Å². The van der Waals surface area contributed by atoms with E-state index >= 15 is 0 Å². The van der Waals surface area contributed by atoms with E-state index < -0.39 is 0 Å². The monoisotopic (exact) mass is 653 g/mol. The second kappa shape index (κ2) is 19.0. The van der Waals surface area contributed by atoms with Gasteiger partial charge in [-0.15, -0.1) is 0 Å². The van der Waals surface area contributed by atoms with Gasteiger partial charge in [-0.2, -0.15) is 0 Å². The number of hydrogen-bond donors (Lipinski definition) is 0. The van der Waals surface area contributed by atoms with Crippen molar-refractivity contribution in [3.8, 4) is 0 Å². The van der Waals surface area contributed by atoms with Crippen LogP contribution in [-0.2, 0) is 9.53 Å². The van der Waals surface area contributed by atoms with Crippen molar-refractivity contribution in [2.75, 3.05) is 0 Å². The molecule has 4 aliphatic carbocycles. The van der Waals surface area contributed by atoms with Crippen molar-refractivity contribution in [3.05, 3.63) is 11.6 Å². The molecule has 2 heteroatoms. The number of hydrogen-bond acceptors (Lipinski definition) is 2. The molecule has 0 aromatic rings. The van der Waals surface area contributed by atoms with Gasteiger partial charge in [-0.05, 0) is 116 Å². The number of carbonyl (C=O) groups is 1. The van der Waals surface area contributed by atoms with Crippen LogP contribution < -0.4 is 0 Å². The molecule has 0 bridgehead atoms. The molecule has 3 fully saturated rings. The molecular formula is C45H80O2. The predicted molar refractivity (Wildman–Crippen MR) is 202 cm³/mol. The first-order valence-electron chi connectivity index (χ1n) is 21.5. The number of esters is 1. The smallest absolute Gasteiger partial charge is 0.306 e. The standard InChI is InChI=1S/C45H80O2/c1-8-10-11-12-13-14-15-16-17-18-19-20-21-22-43(46)47-38-29-31-44(6)37(33-38)25-26-39-41-28-27-40(45(41,7)32-30-42(39)44)35(5)23-24-36(9-2)34(3)4/h26,34-38,40-42H,8-25,27-33H2,1-7H3/t35-,36-,37-,38+,40-,41+,42+,44+,45-/m1/s1. The van der Waals surface area contributed by atoms with Crippen LogP contribution in [0.15, 0.2) is 11.6 Å². The number of rotatable bonds is 21. The highest BCUT2D eigenvalue weighted by atomic mass is 16.5. The van der Waals surface area contributed by atoms with Crippen molar-refractivity contribution in [1.82, 2.24) is 0 Å². The quantitative estimate of drug-likeness (QED) is 0.0700. The molecule has 9 atom stereocenters. The van der Waals surface area contributed by atoms with E-state index in [1.807, 2.05) is 5.57 Å². The first-order valence-corrected chi connectivity index (χ1v) is 21.5. The van der Waals surface area contributed by atoms with Crippen LogP contribution in [0, 0.1) is 52.3 Å². The molecule has 0 aliphatic heterocycles. The van der Waals surface area contributed by atoms with E-state index in [1.165, 1.54) is 135 Å². The molecule has 0 amide bonds. The largest absolute Gasteiger partial charge is 0.462 e. The Kier molecular flexibility index (Phi) is 15.8. The second-order valence-electron chi connectivity index (χ2n) is 18.3. The van der Waals surface area contributed by atoms with Crippen LogP contribution in [0.1, 0.15) is 209 Å². The molecule has 0 aromatic heterocycles. The van der Waals surface area contributed by atoms with Crippen molar-refractivity contribution in [2.24, 2.45) is 52.3 Å². The van der Waals surface area contributed by atoms with Crippen LogP contribution in [0.5, 0.6) is 0 Å². The van der Waals surface area contributed by atoms with E-state index in [0.29, 0.717) is 23.2 Å². The molecule has 2 nitrogen and oxygen atoms in total. The summed E-state index contributed by atoms with van der Waals surface area (Å²) in [6.45, 7) is 17.5. The summed E-state index contributed by atoms with van der Waals surface area (Å²) >= 11 is 0. The predicted octanol–water partition coefficient (Wildman–Crippen LogP) is 14.1. The lowest BCUT2D eigenvalue weighted by molar-refractivity contribution is -0.155. The van der Waals surface area contributed by atoms with Gasteiger partial charge in [0, 0.05) is 6.42 Å². The normalized spacial score (nSPS) is 33.1. The molecule has 0 spiro atoms. The second-order valence-corrected chi connectivity index (χ2v) is 18.3. The number of carbonyl (C=O) groups excluding carboxylic acids is 1. The minimum Gasteiger partial charge on any atom is -0.462 e. The molecular weight excluding hydrogens is 572 g/mol. The van der Waals surface area contributed by atoms with Gasteiger partial charge >= 0.3 is 5.97 Å². The fourth-order valence-corrected chi connectivity index (χ4v) is 11.8. The SMILES string of the molecule is CCCCCCCCCCCCCCCC(=O)O[C@H]1CC[C@@]2(C)[C@H](CC=C3[C@@H]2CC[C@]2(C)[C@@H]([C@H](C)CC[C@@H](CC)C(C)C)CC[C@@H]32)C1.